The largest absolute Gasteiger partial charge is 0.0616 e. The first kappa shape index (κ1) is 42.7. The van der Waals surface area contributed by atoms with E-state index in [1.807, 2.05) is 0 Å². The maximum absolute atomic E-state index is 2.35. The second-order valence-electron chi connectivity index (χ2n) is 18.9. The van der Waals surface area contributed by atoms with Crippen molar-refractivity contribution in [2.75, 3.05) is 0 Å². The molecule has 0 saturated heterocycles. The lowest BCUT2D eigenvalue weighted by Crippen LogP contribution is -1.93. The minimum absolute atomic E-state index is 1.17. The van der Waals surface area contributed by atoms with E-state index in [4.69, 9.17) is 0 Å². The second-order valence-corrected chi connectivity index (χ2v) is 18.9. The average Bonchev–Trinajstić information content (AvgIpc) is 3.45. The molecule has 13 aromatic carbocycles. The first-order valence-electron chi connectivity index (χ1n) is 24.9. The molecule has 0 saturated carbocycles. The molecule has 72 heavy (non-hydrogen) atoms. The molecule has 0 bridgehead atoms. The van der Waals surface area contributed by atoms with Gasteiger partial charge in [0, 0.05) is 0 Å². The zero-order valence-electron chi connectivity index (χ0n) is 39.7. The van der Waals surface area contributed by atoms with Crippen LogP contribution in [-0.2, 0) is 0 Å². The molecule has 0 nitrogen and oxygen atoms in total. The number of hydrogen-bond acceptors (Lipinski definition) is 0. The van der Waals surface area contributed by atoms with Gasteiger partial charge in [-0.15, -0.1) is 0 Å². The van der Waals surface area contributed by atoms with E-state index in [2.05, 4.69) is 291 Å². The quantitative estimate of drug-likeness (QED) is 0.1000. The summed E-state index contributed by atoms with van der Waals surface area (Å²) in [5.41, 5.74) is 16.8. The van der Waals surface area contributed by atoms with Crippen LogP contribution in [0.4, 0.5) is 0 Å². The third kappa shape index (κ3) is 8.26. The molecule has 0 unspecified atom stereocenters. The molecular weight excluding hydrogens is 865 g/mol. The summed E-state index contributed by atoms with van der Waals surface area (Å²) in [7, 11) is 0. The maximum Gasteiger partial charge on any atom is -0.00141 e. The smallest absolute Gasteiger partial charge is 0.00141 e. The van der Waals surface area contributed by atoms with Gasteiger partial charge < -0.3 is 0 Å². The van der Waals surface area contributed by atoms with Gasteiger partial charge in [0.2, 0.25) is 0 Å². The van der Waals surface area contributed by atoms with E-state index in [1.165, 1.54) is 132 Å². The van der Waals surface area contributed by atoms with E-state index in [0.717, 1.165) is 0 Å². The molecule has 0 amide bonds. The fourth-order valence-corrected chi connectivity index (χ4v) is 10.7. The predicted octanol–water partition coefficient (Wildman–Crippen LogP) is 20.1. The molecule has 0 atom stereocenters. The van der Waals surface area contributed by atoms with Crippen LogP contribution in [0.3, 0.4) is 0 Å². The van der Waals surface area contributed by atoms with Crippen molar-refractivity contribution < 1.29 is 0 Å². The van der Waals surface area contributed by atoms with E-state index in [-0.39, 0.29) is 0 Å². The van der Waals surface area contributed by atoms with E-state index in [1.54, 1.807) is 0 Å². The van der Waals surface area contributed by atoms with Crippen molar-refractivity contribution in [3.05, 3.63) is 289 Å². The van der Waals surface area contributed by atoms with Crippen LogP contribution in [0, 0.1) is 0 Å². The van der Waals surface area contributed by atoms with Gasteiger partial charge in [-0.3, -0.25) is 0 Å². The van der Waals surface area contributed by atoms with Gasteiger partial charge in [0.1, 0.15) is 0 Å². The van der Waals surface area contributed by atoms with Gasteiger partial charge in [0.15, 0.2) is 0 Å². The predicted molar refractivity (Wildman–Crippen MR) is 312 cm³/mol. The summed E-state index contributed by atoms with van der Waals surface area (Å²) in [6.07, 6.45) is 8.85. The lowest BCUT2D eigenvalue weighted by molar-refractivity contribution is 1.59. The highest BCUT2D eigenvalue weighted by molar-refractivity contribution is 6.25. The normalized spacial score (nSPS) is 11.8. The van der Waals surface area contributed by atoms with Crippen LogP contribution in [0.5, 0.6) is 0 Å². The fraction of sp³-hybridized carbons (Fsp3) is 0. The van der Waals surface area contributed by atoms with Crippen LogP contribution in [0.15, 0.2) is 267 Å². The average molecular weight is 913 g/mol. The highest BCUT2D eigenvalue weighted by atomic mass is 14.2. The van der Waals surface area contributed by atoms with Crippen molar-refractivity contribution in [1.82, 2.24) is 0 Å². The van der Waals surface area contributed by atoms with E-state index < -0.39 is 0 Å². The topological polar surface area (TPSA) is 0 Å². The Morgan fingerprint density at radius 2 is 0.569 bits per heavy atom. The van der Waals surface area contributed by atoms with Crippen molar-refractivity contribution in [2.45, 2.75) is 0 Å². The monoisotopic (exact) mass is 912 g/mol. The Kier molecular flexibility index (Phi) is 11.0. The number of hydrogen-bond donors (Lipinski definition) is 0. The summed E-state index contributed by atoms with van der Waals surface area (Å²) in [4.78, 5) is 0. The lowest BCUT2D eigenvalue weighted by Gasteiger charge is -2.21. The Balaban J connectivity index is 0.891. The third-order valence-electron chi connectivity index (χ3n) is 14.4. The van der Waals surface area contributed by atoms with Gasteiger partial charge in [-0.25, -0.2) is 0 Å². The van der Waals surface area contributed by atoms with E-state index in [0.29, 0.717) is 0 Å². The Hall–Kier alpha value is -9.36. The van der Waals surface area contributed by atoms with Crippen LogP contribution in [0.25, 0.3) is 134 Å². The van der Waals surface area contributed by atoms with Gasteiger partial charge in [-0.2, -0.15) is 0 Å². The Morgan fingerprint density at radius 1 is 0.194 bits per heavy atom. The van der Waals surface area contributed by atoms with Crippen LogP contribution in [0.1, 0.15) is 22.3 Å². The molecular formula is C72H48. The first-order chi connectivity index (χ1) is 35.6. The minimum atomic E-state index is 1.17. The summed E-state index contributed by atoms with van der Waals surface area (Å²) in [5, 5.41) is 12.4. The standard InChI is InChI=1S/C72H48/c1-4-17-60-46-51(30-32-53(60)14-1)28-26-49-12-9-20-62(44-49)56-34-39-58(40-35-56)70-67-22-7-8-23-68(67)71(72-66(24-11-25-69(70)72)65-43-38-55-16-3-6-19-64(55)48-65)59-41-36-57(37-42-59)63-21-10-13-50(45-63)27-29-52-31-33-54-15-2-5-18-61(54)47-52/h1-48H/b28-26+,29-27+. The Morgan fingerprint density at radius 3 is 1.10 bits per heavy atom. The molecule has 13 rings (SSSR count). The third-order valence-corrected chi connectivity index (χ3v) is 14.4. The molecule has 0 radical (unpaired) electrons. The number of rotatable bonds is 9. The molecule has 0 spiro atoms. The zero-order valence-corrected chi connectivity index (χ0v) is 39.7. The van der Waals surface area contributed by atoms with Crippen molar-refractivity contribution >= 4 is 78.2 Å². The highest BCUT2D eigenvalue weighted by Gasteiger charge is 2.20. The molecule has 0 fully saturated rings. The van der Waals surface area contributed by atoms with Gasteiger partial charge in [-0.05, 0) is 162 Å². The number of benzene rings is 13. The summed E-state index contributed by atoms with van der Waals surface area (Å²) in [5.74, 6) is 0. The highest BCUT2D eigenvalue weighted by Crippen LogP contribution is 2.48. The summed E-state index contributed by atoms with van der Waals surface area (Å²) >= 11 is 0. The van der Waals surface area contributed by atoms with Gasteiger partial charge in [0.25, 0.3) is 0 Å². The molecule has 0 aliphatic rings. The van der Waals surface area contributed by atoms with Gasteiger partial charge in [0.05, 0.1) is 0 Å². The molecule has 0 N–H and O–H groups in total. The summed E-state index contributed by atoms with van der Waals surface area (Å²) < 4.78 is 0. The molecule has 0 aliphatic heterocycles. The Bertz CT molecular complexity index is 4240. The molecule has 0 heterocycles. The Labute approximate surface area is 420 Å². The molecule has 0 aliphatic carbocycles. The summed E-state index contributed by atoms with van der Waals surface area (Å²) in [6, 6.07) is 97.9. The van der Waals surface area contributed by atoms with Crippen LogP contribution in [-0.4, -0.2) is 0 Å². The second kappa shape index (κ2) is 18.5. The molecule has 13 aromatic rings. The van der Waals surface area contributed by atoms with Crippen molar-refractivity contribution in [3.8, 4) is 55.6 Å². The van der Waals surface area contributed by atoms with Crippen LogP contribution in [0.2, 0.25) is 0 Å². The lowest BCUT2D eigenvalue weighted by atomic mass is 9.82. The van der Waals surface area contributed by atoms with Gasteiger partial charge in [-0.1, -0.05) is 261 Å². The molecule has 0 aromatic heterocycles. The molecule has 0 heteroatoms. The van der Waals surface area contributed by atoms with Crippen molar-refractivity contribution in [3.63, 3.8) is 0 Å². The minimum Gasteiger partial charge on any atom is -0.0616 e. The first-order valence-corrected chi connectivity index (χ1v) is 24.9. The summed E-state index contributed by atoms with van der Waals surface area (Å²) in [6.45, 7) is 0. The van der Waals surface area contributed by atoms with E-state index >= 15 is 0 Å². The molecule has 336 valence electrons. The van der Waals surface area contributed by atoms with Gasteiger partial charge >= 0.3 is 0 Å². The van der Waals surface area contributed by atoms with Crippen LogP contribution >= 0.6 is 0 Å². The maximum atomic E-state index is 2.35. The van der Waals surface area contributed by atoms with Crippen molar-refractivity contribution in [2.24, 2.45) is 0 Å². The number of fused-ring (bicyclic) bond motifs is 5. The SMILES string of the molecule is C(=C\c1ccc2ccccc2c1)/c1cccc(-c2ccc(-c3c4ccccc4c(-c4ccc(-c5cccc(/C=C/c6ccc7ccccc7c6)c5)cc4)c4c(-c5ccc6ccccc6c5)cccc34)cc2)c1. The van der Waals surface area contributed by atoms with E-state index in [9.17, 15) is 0 Å². The van der Waals surface area contributed by atoms with Crippen molar-refractivity contribution in [1.29, 1.82) is 0 Å². The van der Waals surface area contributed by atoms with Crippen LogP contribution < -0.4 is 0 Å². The zero-order chi connectivity index (χ0) is 47.8. The fourth-order valence-electron chi connectivity index (χ4n) is 10.7.